The van der Waals surface area contributed by atoms with Gasteiger partial charge in [0.2, 0.25) is 5.75 Å². The standard InChI is InChI=1S/C20H25NO4/c1-20(2,3)14-7-9-15(10-8-14)21-19(22)13-11-16(23-4)18(25-6)17(12-13)24-5/h7-12H,1-6H3,(H,21,22). The molecule has 0 saturated heterocycles. The van der Waals surface area contributed by atoms with Crippen LogP contribution in [-0.4, -0.2) is 27.2 Å². The van der Waals surface area contributed by atoms with E-state index in [0.29, 0.717) is 22.8 Å². The highest BCUT2D eigenvalue weighted by molar-refractivity contribution is 6.05. The van der Waals surface area contributed by atoms with Crippen molar-refractivity contribution in [2.24, 2.45) is 0 Å². The van der Waals surface area contributed by atoms with Crippen LogP contribution in [0.3, 0.4) is 0 Å². The maximum atomic E-state index is 12.6. The fourth-order valence-electron chi connectivity index (χ4n) is 2.47. The Kier molecular flexibility index (Phi) is 5.57. The van der Waals surface area contributed by atoms with E-state index >= 15 is 0 Å². The van der Waals surface area contributed by atoms with Gasteiger partial charge in [-0.25, -0.2) is 0 Å². The molecular weight excluding hydrogens is 318 g/mol. The second-order valence-electron chi connectivity index (χ2n) is 6.70. The molecule has 0 saturated carbocycles. The molecule has 2 rings (SSSR count). The second-order valence-corrected chi connectivity index (χ2v) is 6.70. The molecule has 0 heterocycles. The van der Waals surface area contributed by atoms with Crippen LogP contribution in [0.1, 0.15) is 36.7 Å². The van der Waals surface area contributed by atoms with Crippen LogP contribution in [0.4, 0.5) is 5.69 Å². The van der Waals surface area contributed by atoms with Crippen molar-refractivity contribution < 1.29 is 19.0 Å². The van der Waals surface area contributed by atoms with E-state index in [9.17, 15) is 4.79 Å². The molecule has 0 aromatic heterocycles. The fraction of sp³-hybridized carbons (Fsp3) is 0.350. The molecule has 5 heteroatoms. The average Bonchev–Trinajstić information content (AvgIpc) is 2.59. The molecule has 0 bridgehead atoms. The number of benzene rings is 2. The molecule has 0 aliphatic heterocycles. The van der Waals surface area contributed by atoms with Gasteiger partial charge in [-0.05, 0) is 35.2 Å². The van der Waals surface area contributed by atoms with Gasteiger partial charge in [-0.15, -0.1) is 0 Å². The van der Waals surface area contributed by atoms with Gasteiger partial charge < -0.3 is 19.5 Å². The lowest BCUT2D eigenvalue weighted by Gasteiger charge is -2.19. The van der Waals surface area contributed by atoms with Crippen LogP contribution >= 0.6 is 0 Å². The lowest BCUT2D eigenvalue weighted by Crippen LogP contribution is -2.14. The van der Waals surface area contributed by atoms with Crippen molar-refractivity contribution in [2.45, 2.75) is 26.2 Å². The maximum Gasteiger partial charge on any atom is 0.255 e. The third kappa shape index (κ3) is 4.24. The highest BCUT2D eigenvalue weighted by Gasteiger charge is 2.17. The molecule has 0 atom stereocenters. The van der Waals surface area contributed by atoms with Gasteiger partial charge >= 0.3 is 0 Å². The smallest absolute Gasteiger partial charge is 0.255 e. The van der Waals surface area contributed by atoms with Crippen molar-refractivity contribution >= 4 is 11.6 Å². The summed E-state index contributed by atoms with van der Waals surface area (Å²) in [6.07, 6.45) is 0. The van der Waals surface area contributed by atoms with Gasteiger partial charge in [-0.3, -0.25) is 4.79 Å². The lowest BCUT2D eigenvalue weighted by atomic mass is 9.87. The van der Waals surface area contributed by atoms with E-state index in [0.717, 1.165) is 5.69 Å². The lowest BCUT2D eigenvalue weighted by molar-refractivity contribution is 0.102. The Morgan fingerprint density at radius 1 is 0.880 bits per heavy atom. The quantitative estimate of drug-likeness (QED) is 0.881. The van der Waals surface area contributed by atoms with Crippen LogP contribution < -0.4 is 19.5 Å². The second kappa shape index (κ2) is 7.47. The summed E-state index contributed by atoms with van der Waals surface area (Å²) in [5, 5.41) is 2.89. The summed E-state index contributed by atoms with van der Waals surface area (Å²) >= 11 is 0. The first kappa shape index (κ1) is 18.6. The Balaban J connectivity index is 2.26. The minimum absolute atomic E-state index is 0.0687. The average molecular weight is 343 g/mol. The van der Waals surface area contributed by atoms with Gasteiger partial charge in [0.1, 0.15) is 0 Å². The molecule has 0 aliphatic carbocycles. The molecule has 0 fully saturated rings. The number of hydrogen-bond donors (Lipinski definition) is 1. The number of carbonyl (C=O) groups excluding carboxylic acids is 1. The predicted molar refractivity (Wildman–Crippen MR) is 99.2 cm³/mol. The van der Waals surface area contributed by atoms with E-state index < -0.39 is 0 Å². The molecule has 2 aromatic rings. The van der Waals surface area contributed by atoms with E-state index in [-0.39, 0.29) is 11.3 Å². The first-order chi connectivity index (χ1) is 11.8. The number of ether oxygens (including phenoxy) is 3. The summed E-state index contributed by atoms with van der Waals surface area (Å²) in [6.45, 7) is 6.45. The van der Waals surface area contributed by atoms with Gasteiger partial charge in [0, 0.05) is 11.3 Å². The number of anilines is 1. The van der Waals surface area contributed by atoms with E-state index in [1.807, 2.05) is 24.3 Å². The summed E-state index contributed by atoms with van der Waals surface area (Å²) in [5.74, 6) is 1.09. The third-order valence-corrected chi connectivity index (χ3v) is 3.94. The molecule has 25 heavy (non-hydrogen) atoms. The molecule has 1 amide bonds. The van der Waals surface area contributed by atoms with Gasteiger partial charge in [0.25, 0.3) is 5.91 Å². The molecule has 0 radical (unpaired) electrons. The van der Waals surface area contributed by atoms with Gasteiger partial charge in [-0.2, -0.15) is 0 Å². The Hall–Kier alpha value is -2.69. The van der Waals surface area contributed by atoms with Gasteiger partial charge in [0.05, 0.1) is 21.3 Å². The summed E-state index contributed by atoms with van der Waals surface area (Å²) in [5.41, 5.74) is 2.43. The number of amides is 1. The predicted octanol–water partition coefficient (Wildman–Crippen LogP) is 4.26. The van der Waals surface area contributed by atoms with E-state index in [4.69, 9.17) is 14.2 Å². The minimum Gasteiger partial charge on any atom is -0.493 e. The molecule has 0 aliphatic rings. The van der Waals surface area contributed by atoms with Crippen LogP contribution in [0.2, 0.25) is 0 Å². The van der Waals surface area contributed by atoms with E-state index in [1.165, 1.54) is 26.9 Å². The van der Waals surface area contributed by atoms with Crippen LogP contribution in [0.25, 0.3) is 0 Å². The molecular formula is C20H25NO4. The molecule has 0 unspecified atom stereocenters. The van der Waals surface area contributed by atoms with Crippen molar-refractivity contribution in [3.05, 3.63) is 47.5 Å². The summed E-state index contributed by atoms with van der Waals surface area (Å²) in [7, 11) is 4.56. The number of hydrogen-bond acceptors (Lipinski definition) is 4. The van der Waals surface area contributed by atoms with Crippen molar-refractivity contribution in [3.8, 4) is 17.2 Å². The van der Waals surface area contributed by atoms with Crippen molar-refractivity contribution in [1.29, 1.82) is 0 Å². The Labute approximate surface area is 148 Å². The highest BCUT2D eigenvalue weighted by Crippen LogP contribution is 2.38. The van der Waals surface area contributed by atoms with E-state index in [2.05, 4.69) is 26.1 Å². The SMILES string of the molecule is COc1cc(C(=O)Nc2ccc(C(C)(C)C)cc2)cc(OC)c1OC. The summed E-state index contributed by atoms with van der Waals surface area (Å²) in [4.78, 5) is 12.6. The topological polar surface area (TPSA) is 56.8 Å². The summed E-state index contributed by atoms with van der Waals surface area (Å²) < 4.78 is 15.9. The fourth-order valence-corrected chi connectivity index (χ4v) is 2.47. The summed E-state index contributed by atoms with van der Waals surface area (Å²) in [6, 6.07) is 11.1. The van der Waals surface area contributed by atoms with Gasteiger partial charge in [-0.1, -0.05) is 32.9 Å². The number of rotatable bonds is 5. The number of nitrogens with one attached hydrogen (secondary N) is 1. The zero-order chi connectivity index (χ0) is 18.6. The molecule has 134 valence electrons. The molecule has 5 nitrogen and oxygen atoms in total. The maximum absolute atomic E-state index is 12.6. The van der Waals surface area contributed by atoms with Crippen LogP contribution in [-0.2, 0) is 5.41 Å². The Morgan fingerprint density at radius 2 is 1.40 bits per heavy atom. The number of carbonyl (C=O) groups is 1. The first-order valence-corrected chi connectivity index (χ1v) is 8.02. The molecule has 1 N–H and O–H groups in total. The van der Waals surface area contributed by atoms with Crippen LogP contribution in [0.15, 0.2) is 36.4 Å². The van der Waals surface area contributed by atoms with Crippen LogP contribution in [0.5, 0.6) is 17.2 Å². The Bertz CT molecular complexity index is 720. The zero-order valence-corrected chi connectivity index (χ0v) is 15.6. The van der Waals surface area contributed by atoms with Crippen molar-refractivity contribution in [1.82, 2.24) is 0 Å². The Morgan fingerprint density at radius 3 is 1.80 bits per heavy atom. The largest absolute Gasteiger partial charge is 0.493 e. The first-order valence-electron chi connectivity index (χ1n) is 8.02. The zero-order valence-electron chi connectivity index (χ0n) is 15.6. The van der Waals surface area contributed by atoms with Crippen LogP contribution in [0, 0.1) is 0 Å². The van der Waals surface area contributed by atoms with E-state index in [1.54, 1.807) is 12.1 Å². The van der Waals surface area contributed by atoms with Crippen molar-refractivity contribution in [3.63, 3.8) is 0 Å². The molecule has 0 spiro atoms. The van der Waals surface area contributed by atoms with Gasteiger partial charge in [0.15, 0.2) is 11.5 Å². The third-order valence-electron chi connectivity index (χ3n) is 3.94. The normalized spacial score (nSPS) is 11.0. The monoisotopic (exact) mass is 343 g/mol. The number of methoxy groups -OCH3 is 3. The van der Waals surface area contributed by atoms with Crippen molar-refractivity contribution in [2.75, 3.05) is 26.6 Å². The molecule has 2 aromatic carbocycles. The minimum atomic E-state index is -0.247. The highest BCUT2D eigenvalue weighted by atomic mass is 16.5.